The van der Waals surface area contributed by atoms with Crippen molar-refractivity contribution < 1.29 is 9.90 Å². The van der Waals surface area contributed by atoms with Crippen molar-refractivity contribution in [3.8, 4) is 0 Å². The number of aliphatic hydroxyl groups is 1. The van der Waals surface area contributed by atoms with Crippen LogP contribution in [0.1, 0.15) is 31.5 Å². The molecule has 2 amide bonds. The van der Waals surface area contributed by atoms with Crippen molar-refractivity contribution in [1.29, 1.82) is 0 Å². The molecule has 0 saturated carbocycles. The molecule has 1 heterocycles. The van der Waals surface area contributed by atoms with Gasteiger partial charge in [0.2, 0.25) is 0 Å². The maximum absolute atomic E-state index is 11.9. The quantitative estimate of drug-likeness (QED) is 0.800. The molecule has 0 bridgehead atoms. The maximum Gasteiger partial charge on any atom is 0.317 e. The zero-order valence-electron chi connectivity index (χ0n) is 12.6. The summed E-state index contributed by atoms with van der Waals surface area (Å²) in [6.45, 7) is 5.26. The molecule has 0 saturated heterocycles. The van der Waals surface area contributed by atoms with Crippen molar-refractivity contribution in [2.24, 2.45) is 5.92 Å². The van der Waals surface area contributed by atoms with E-state index in [9.17, 15) is 4.79 Å². The van der Waals surface area contributed by atoms with E-state index >= 15 is 0 Å². The summed E-state index contributed by atoms with van der Waals surface area (Å²) in [5.41, 5.74) is 2.07. The summed E-state index contributed by atoms with van der Waals surface area (Å²) in [6, 6.07) is 3.88. The van der Waals surface area contributed by atoms with Crippen molar-refractivity contribution in [2.45, 2.75) is 33.2 Å². The number of pyridine rings is 1. The number of aromatic nitrogens is 1. The molecule has 1 rings (SSSR count). The Morgan fingerprint density at radius 3 is 2.80 bits per heavy atom. The minimum Gasteiger partial charge on any atom is -0.396 e. The second-order valence-electron chi connectivity index (χ2n) is 5.18. The molecule has 5 nitrogen and oxygen atoms in total. The SMILES string of the molecule is CCc1ccc(CN(C)C(=O)NCCC(C)CO)nc1. The predicted octanol–water partition coefficient (Wildman–Crippen LogP) is 1.80. The number of hydrogen-bond donors (Lipinski definition) is 2. The van der Waals surface area contributed by atoms with Crippen molar-refractivity contribution in [2.75, 3.05) is 20.2 Å². The van der Waals surface area contributed by atoms with Crippen LogP contribution in [0.25, 0.3) is 0 Å². The lowest BCUT2D eigenvalue weighted by atomic mass is 10.1. The summed E-state index contributed by atoms with van der Waals surface area (Å²) >= 11 is 0. The van der Waals surface area contributed by atoms with Gasteiger partial charge in [0.15, 0.2) is 0 Å². The van der Waals surface area contributed by atoms with Crippen LogP contribution in [-0.4, -0.2) is 41.2 Å². The Balaban J connectivity index is 2.36. The van der Waals surface area contributed by atoms with Gasteiger partial charge in [0.1, 0.15) is 0 Å². The van der Waals surface area contributed by atoms with Gasteiger partial charge in [-0.25, -0.2) is 4.79 Å². The standard InChI is InChI=1S/C15H25N3O2/c1-4-13-5-6-14(17-9-13)10-18(3)15(20)16-8-7-12(2)11-19/h5-6,9,12,19H,4,7-8,10-11H2,1-3H3,(H,16,20). The molecule has 1 atom stereocenters. The molecular formula is C15H25N3O2. The highest BCUT2D eigenvalue weighted by Crippen LogP contribution is 2.04. The molecule has 0 aliphatic heterocycles. The summed E-state index contributed by atoms with van der Waals surface area (Å²) in [4.78, 5) is 17.8. The highest BCUT2D eigenvalue weighted by atomic mass is 16.3. The van der Waals surface area contributed by atoms with Crippen LogP contribution in [0.15, 0.2) is 18.3 Å². The molecule has 112 valence electrons. The van der Waals surface area contributed by atoms with Crippen molar-refractivity contribution in [1.82, 2.24) is 15.2 Å². The first-order valence-electron chi connectivity index (χ1n) is 7.10. The third kappa shape index (κ3) is 5.57. The van der Waals surface area contributed by atoms with E-state index in [0.717, 1.165) is 18.5 Å². The van der Waals surface area contributed by atoms with E-state index in [1.54, 1.807) is 11.9 Å². The second kappa shape index (κ2) is 8.53. The Morgan fingerprint density at radius 2 is 2.25 bits per heavy atom. The molecule has 0 aliphatic rings. The monoisotopic (exact) mass is 279 g/mol. The van der Waals surface area contributed by atoms with E-state index in [4.69, 9.17) is 5.11 Å². The van der Waals surface area contributed by atoms with Gasteiger partial charge in [-0.3, -0.25) is 4.98 Å². The molecule has 0 aromatic carbocycles. The van der Waals surface area contributed by atoms with Gasteiger partial charge in [-0.15, -0.1) is 0 Å². The largest absolute Gasteiger partial charge is 0.396 e. The Bertz CT molecular complexity index is 406. The van der Waals surface area contributed by atoms with E-state index in [2.05, 4.69) is 17.2 Å². The molecule has 1 aromatic rings. The number of aryl methyl sites for hydroxylation is 1. The zero-order valence-corrected chi connectivity index (χ0v) is 12.6. The number of aliphatic hydroxyl groups excluding tert-OH is 1. The third-order valence-corrected chi connectivity index (χ3v) is 3.27. The first kappa shape index (κ1) is 16.4. The summed E-state index contributed by atoms with van der Waals surface area (Å²) in [6.07, 6.45) is 3.59. The van der Waals surface area contributed by atoms with E-state index in [-0.39, 0.29) is 18.6 Å². The molecule has 2 N–H and O–H groups in total. The Morgan fingerprint density at radius 1 is 1.50 bits per heavy atom. The normalized spacial score (nSPS) is 12.0. The highest BCUT2D eigenvalue weighted by molar-refractivity contribution is 5.73. The Labute approximate surface area is 121 Å². The van der Waals surface area contributed by atoms with E-state index in [1.807, 2.05) is 25.3 Å². The van der Waals surface area contributed by atoms with E-state index < -0.39 is 0 Å². The van der Waals surface area contributed by atoms with Gasteiger partial charge >= 0.3 is 6.03 Å². The fraction of sp³-hybridized carbons (Fsp3) is 0.600. The minimum atomic E-state index is -0.114. The van der Waals surface area contributed by atoms with E-state index in [0.29, 0.717) is 13.1 Å². The minimum absolute atomic E-state index is 0.114. The summed E-state index contributed by atoms with van der Waals surface area (Å²) in [7, 11) is 1.75. The van der Waals surface area contributed by atoms with E-state index in [1.165, 1.54) is 5.56 Å². The lowest BCUT2D eigenvalue weighted by Crippen LogP contribution is -2.37. The topological polar surface area (TPSA) is 65.5 Å². The number of urea groups is 1. The van der Waals surface area contributed by atoms with Crippen molar-refractivity contribution in [3.63, 3.8) is 0 Å². The van der Waals surface area contributed by atoms with Crippen LogP contribution in [0.5, 0.6) is 0 Å². The average Bonchev–Trinajstić information content (AvgIpc) is 2.47. The maximum atomic E-state index is 11.9. The summed E-state index contributed by atoms with van der Waals surface area (Å²) in [5, 5.41) is 11.8. The molecule has 5 heteroatoms. The lowest BCUT2D eigenvalue weighted by molar-refractivity contribution is 0.201. The van der Waals surface area contributed by atoms with Crippen LogP contribution >= 0.6 is 0 Å². The molecule has 1 unspecified atom stereocenters. The lowest BCUT2D eigenvalue weighted by Gasteiger charge is -2.18. The molecule has 0 spiro atoms. The van der Waals surface area contributed by atoms with Crippen molar-refractivity contribution in [3.05, 3.63) is 29.6 Å². The first-order chi connectivity index (χ1) is 9.56. The molecule has 0 fully saturated rings. The van der Waals surface area contributed by atoms with Gasteiger partial charge in [-0.1, -0.05) is 19.9 Å². The molecular weight excluding hydrogens is 254 g/mol. The van der Waals surface area contributed by atoms with Crippen LogP contribution in [-0.2, 0) is 13.0 Å². The Kier molecular flexibility index (Phi) is 7.01. The second-order valence-corrected chi connectivity index (χ2v) is 5.18. The number of nitrogens with zero attached hydrogens (tertiary/aromatic N) is 2. The Hall–Kier alpha value is -1.62. The van der Waals surface area contributed by atoms with Gasteiger partial charge in [0.25, 0.3) is 0 Å². The fourth-order valence-electron chi connectivity index (χ4n) is 1.72. The highest BCUT2D eigenvalue weighted by Gasteiger charge is 2.09. The number of hydrogen-bond acceptors (Lipinski definition) is 3. The number of carbonyl (C=O) groups excluding carboxylic acids is 1. The van der Waals surface area contributed by atoms with Crippen LogP contribution in [0.4, 0.5) is 4.79 Å². The molecule has 20 heavy (non-hydrogen) atoms. The summed E-state index contributed by atoms with van der Waals surface area (Å²) in [5.74, 6) is 0.212. The van der Waals surface area contributed by atoms with Gasteiger partial charge in [-0.05, 0) is 30.4 Å². The summed E-state index contributed by atoms with van der Waals surface area (Å²) < 4.78 is 0. The van der Waals surface area contributed by atoms with Gasteiger partial charge in [0, 0.05) is 26.4 Å². The van der Waals surface area contributed by atoms with Gasteiger partial charge in [-0.2, -0.15) is 0 Å². The number of carbonyl (C=O) groups is 1. The van der Waals surface area contributed by atoms with Crippen LogP contribution in [0.2, 0.25) is 0 Å². The van der Waals surface area contributed by atoms with Crippen molar-refractivity contribution >= 4 is 6.03 Å². The molecule has 0 aliphatic carbocycles. The third-order valence-electron chi connectivity index (χ3n) is 3.27. The molecule has 0 radical (unpaired) electrons. The van der Waals surface area contributed by atoms with Crippen LogP contribution < -0.4 is 5.32 Å². The molecule has 1 aromatic heterocycles. The zero-order chi connectivity index (χ0) is 15.0. The number of rotatable bonds is 7. The van der Waals surface area contributed by atoms with Crippen LogP contribution in [0.3, 0.4) is 0 Å². The number of amides is 2. The predicted molar refractivity (Wildman–Crippen MR) is 79.3 cm³/mol. The average molecular weight is 279 g/mol. The van der Waals surface area contributed by atoms with Gasteiger partial charge < -0.3 is 15.3 Å². The first-order valence-corrected chi connectivity index (χ1v) is 7.10. The smallest absolute Gasteiger partial charge is 0.317 e. The number of nitrogens with one attached hydrogen (secondary N) is 1. The van der Waals surface area contributed by atoms with Crippen LogP contribution in [0, 0.1) is 5.92 Å². The fourth-order valence-corrected chi connectivity index (χ4v) is 1.72. The van der Waals surface area contributed by atoms with Gasteiger partial charge in [0.05, 0.1) is 12.2 Å².